The summed E-state index contributed by atoms with van der Waals surface area (Å²) in [5, 5.41) is 4.09. The predicted octanol–water partition coefficient (Wildman–Crippen LogP) is 5.80. The molecule has 0 unspecified atom stereocenters. The fraction of sp³-hybridized carbons (Fsp3) is 0.0938. The van der Waals surface area contributed by atoms with Crippen LogP contribution < -0.4 is 20.7 Å². The minimum absolute atomic E-state index is 0.134. The second-order valence-electron chi connectivity index (χ2n) is 7.88. The average Bonchev–Trinajstić information content (AvgIpc) is 3.08. The first-order valence-corrected chi connectivity index (χ1v) is 18.8. The Morgan fingerprint density at radius 3 is 1.41 bits per heavy atom. The first-order valence-electron chi connectivity index (χ1n) is 11.6. The van der Waals surface area contributed by atoms with E-state index in [4.69, 9.17) is 28.7 Å². The number of benzene rings is 4. The van der Waals surface area contributed by atoms with E-state index in [0.29, 0.717) is 0 Å². The Bertz CT molecular complexity index is 1210. The van der Waals surface area contributed by atoms with Gasteiger partial charge in [0.05, 0.1) is 0 Å². The van der Waals surface area contributed by atoms with Crippen molar-refractivity contribution in [2.75, 3.05) is 0 Å². The van der Waals surface area contributed by atoms with Crippen LogP contribution in [0.4, 0.5) is 0 Å². The van der Waals surface area contributed by atoms with Crippen molar-refractivity contribution in [1.82, 2.24) is 0 Å². The van der Waals surface area contributed by atoms with Gasteiger partial charge in [0.15, 0.2) is 0 Å². The molecule has 0 radical (unpaired) electrons. The summed E-state index contributed by atoms with van der Waals surface area (Å²) >= 11 is 4.53. The molecule has 0 bridgehead atoms. The monoisotopic (exact) mass is 810 g/mol. The van der Waals surface area contributed by atoms with Gasteiger partial charge in [-0.1, -0.05) is 105 Å². The van der Waals surface area contributed by atoms with Crippen LogP contribution in [-0.2, 0) is 46.6 Å². The number of hydrogen-bond acceptors (Lipinski definition) is 6. The Morgan fingerprint density at radius 2 is 0.951 bits per heavy atom. The Labute approximate surface area is 260 Å². The molecular weight excluding hydrogens is 777 g/mol. The van der Waals surface area contributed by atoms with Crippen LogP contribution in [-0.4, -0.2) is 33.9 Å². The van der Waals surface area contributed by atoms with Crippen LogP contribution in [0.1, 0.15) is 25.0 Å². The van der Waals surface area contributed by atoms with Crippen LogP contribution in [0, 0.1) is 0 Å². The van der Waals surface area contributed by atoms with Crippen molar-refractivity contribution >= 4 is 71.2 Å². The van der Waals surface area contributed by atoms with E-state index in [1.165, 1.54) is 44.2 Å². The fourth-order valence-corrected chi connectivity index (χ4v) is 6.97. The third-order valence-corrected chi connectivity index (χ3v) is 8.16. The zero-order valence-corrected chi connectivity index (χ0v) is 28.2. The van der Waals surface area contributed by atoms with Gasteiger partial charge in [0, 0.05) is 16.5 Å². The Hall–Kier alpha value is -3.40. The van der Waals surface area contributed by atoms with Crippen molar-refractivity contribution in [3.8, 4) is 11.5 Å². The van der Waals surface area contributed by atoms with Gasteiger partial charge in [-0.05, 0) is 36.0 Å². The minimum atomic E-state index is -0.688. The summed E-state index contributed by atoms with van der Waals surface area (Å²) in [6, 6.07) is 36.7. The molecule has 4 aromatic rings. The van der Waals surface area contributed by atoms with E-state index in [0.717, 1.165) is 11.5 Å². The van der Waals surface area contributed by atoms with Gasteiger partial charge in [0.2, 0.25) is 0 Å². The van der Waals surface area contributed by atoms with Gasteiger partial charge in [-0.3, -0.25) is 0 Å². The molecular formula is C32H33BrO6PRe. The standard InChI is InChI=1S/C27H23OP.5CH2O.BrH.Re/c1-27(2)22-16-9-10-17-23(22)28-24-18-11-19-25(26(24)27)29(20-12-5-3-6-13-20)21-14-7-4-8-15-21;5*1-2;;/h3-19H,1-2H3;5*1H2;1H;/q;;;;;;;+1/p-1. The van der Waals surface area contributed by atoms with Crippen molar-refractivity contribution in [3.05, 3.63) is 114 Å². The molecule has 4 aromatic carbocycles. The van der Waals surface area contributed by atoms with E-state index in [-0.39, 0.29) is 5.41 Å². The van der Waals surface area contributed by atoms with Gasteiger partial charge < -0.3 is 28.7 Å². The molecule has 1 aliphatic heterocycles. The molecule has 0 aliphatic carbocycles. The van der Waals surface area contributed by atoms with Crippen molar-refractivity contribution in [2.24, 2.45) is 0 Å². The van der Waals surface area contributed by atoms with E-state index in [1.807, 2.05) is 40.0 Å². The van der Waals surface area contributed by atoms with Crippen molar-refractivity contribution in [3.63, 3.8) is 0 Å². The summed E-state index contributed by atoms with van der Waals surface area (Å²) in [5.74, 6) is 1.94. The molecule has 0 atom stereocenters. The van der Waals surface area contributed by atoms with Crippen molar-refractivity contribution in [1.29, 1.82) is 0 Å². The molecule has 0 spiro atoms. The van der Waals surface area contributed by atoms with Crippen molar-refractivity contribution < 1.29 is 45.9 Å². The van der Waals surface area contributed by atoms with E-state index >= 15 is 0 Å². The van der Waals surface area contributed by atoms with Crippen LogP contribution in [0.15, 0.2) is 103 Å². The number of ether oxygens (including phenoxy) is 1. The zero-order chi connectivity index (χ0) is 31.8. The van der Waals surface area contributed by atoms with Gasteiger partial charge in [0.1, 0.15) is 45.4 Å². The van der Waals surface area contributed by atoms with Crippen LogP contribution in [0.2, 0.25) is 0 Å². The molecule has 0 saturated heterocycles. The van der Waals surface area contributed by atoms with Crippen LogP contribution in [0.5, 0.6) is 11.5 Å². The van der Waals surface area contributed by atoms with Gasteiger partial charge in [-0.25, -0.2) is 0 Å². The molecule has 1 aliphatic rings. The summed E-state index contributed by atoms with van der Waals surface area (Å²) in [7, 11) is -0.688. The Balaban J connectivity index is 0. The molecule has 6 nitrogen and oxygen atoms in total. The predicted molar refractivity (Wildman–Crippen MR) is 168 cm³/mol. The van der Waals surface area contributed by atoms with Crippen LogP contribution in [0.3, 0.4) is 0 Å². The molecule has 41 heavy (non-hydrogen) atoms. The second kappa shape index (κ2) is 23.3. The maximum absolute atomic E-state index is 8.00. The number of para-hydroxylation sites is 1. The summed E-state index contributed by atoms with van der Waals surface area (Å²) in [6.45, 7) is 14.6. The van der Waals surface area contributed by atoms with E-state index in [2.05, 4.69) is 124 Å². The van der Waals surface area contributed by atoms with Gasteiger partial charge in [-0.2, -0.15) is 0 Å². The third kappa shape index (κ3) is 10.2. The maximum atomic E-state index is 8.00. The Kier molecular flexibility index (Phi) is 22.6. The number of rotatable bonds is 3. The average molecular weight is 811 g/mol. The van der Waals surface area contributed by atoms with Crippen LogP contribution >= 0.6 is 21.4 Å². The van der Waals surface area contributed by atoms with E-state index < -0.39 is 7.92 Å². The number of carbonyl (C=O) groups is 5. The van der Waals surface area contributed by atoms with Gasteiger partial charge in [-0.15, -0.1) is 0 Å². The molecule has 216 valence electrons. The quantitative estimate of drug-likeness (QED) is 0.243. The SMILES string of the molecule is C=O.C=O.C=O.C=O.C=O.CC1(C)c2ccccc2Oc2cccc(P(c3ccccc3)c3ccccc3)c21.[Br][Re]. The van der Waals surface area contributed by atoms with E-state index in [1.54, 1.807) is 0 Å². The number of hydrogen-bond donors (Lipinski definition) is 0. The molecule has 5 rings (SSSR count). The van der Waals surface area contributed by atoms with Gasteiger partial charge >= 0.3 is 30.6 Å². The molecule has 0 aromatic heterocycles. The summed E-state index contributed by atoms with van der Waals surface area (Å²) in [4.78, 5) is 40.0. The summed E-state index contributed by atoms with van der Waals surface area (Å²) in [6.07, 6.45) is 0. The number of carbonyl (C=O) groups excluding carboxylic acids is 5. The summed E-state index contributed by atoms with van der Waals surface area (Å²) < 4.78 is 6.39. The molecule has 0 fully saturated rings. The topological polar surface area (TPSA) is 94.6 Å². The number of halogens is 1. The second-order valence-corrected chi connectivity index (χ2v) is 10.1. The third-order valence-electron chi connectivity index (χ3n) is 5.68. The van der Waals surface area contributed by atoms with Gasteiger partial charge in [0.25, 0.3) is 0 Å². The molecule has 9 heteroatoms. The zero-order valence-electron chi connectivity index (χ0n) is 23.0. The number of fused-ring (bicyclic) bond motifs is 2. The molecule has 0 N–H and O–H groups in total. The van der Waals surface area contributed by atoms with Crippen LogP contribution in [0.25, 0.3) is 0 Å². The Morgan fingerprint density at radius 1 is 0.561 bits per heavy atom. The van der Waals surface area contributed by atoms with E-state index in [9.17, 15) is 0 Å². The first kappa shape index (κ1) is 39.7. The molecule has 0 amide bonds. The van der Waals surface area contributed by atoms with Crippen molar-refractivity contribution in [2.45, 2.75) is 19.3 Å². The molecule has 1 heterocycles. The fourth-order valence-electron chi connectivity index (χ4n) is 4.33. The normalized spacial score (nSPS) is 10.6. The first-order chi connectivity index (χ1) is 20.2. The molecule has 0 saturated carbocycles. The summed E-state index contributed by atoms with van der Waals surface area (Å²) in [5.41, 5.74) is 2.42.